The summed E-state index contributed by atoms with van der Waals surface area (Å²) < 4.78 is -1.14. The SMILES string of the molecule is N.O=C([O-])C[N+](CC(=O)O)(CC(=O)O)CC(=O)O.[H-].[H-].[H-].[H-].[Na+].[Na+].[Na+].[Na+]. The number of carbonyl (C=O) groups is 4. The van der Waals surface area contributed by atoms with Crippen molar-refractivity contribution >= 4 is 23.9 Å². The van der Waals surface area contributed by atoms with Crippen LogP contribution in [-0.2, 0) is 19.2 Å². The van der Waals surface area contributed by atoms with E-state index in [1.54, 1.807) is 0 Å². The Kier molecular flexibility index (Phi) is 34.0. The number of carboxylic acid groups (broad SMARTS) is 4. The first kappa shape index (κ1) is 39.0. The van der Waals surface area contributed by atoms with Crippen LogP contribution in [0.3, 0.4) is 0 Å². The summed E-state index contributed by atoms with van der Waals surface area (Å²) in [5, 5.41) is 36.2. The Hall–Kier alpha value is 1.80. The van der Waals surface area contributed by atoms with Gasteiger partial charge in [-0.25, -0.2) is 14.4 Å². The van der Waals surface area contributed by atoms with Gasteiger partial charge >= 0.3 is 136 Å². The van der Waals surface area contributed by atoms with E-state index in [-0.39, 0.29) is 130 Å². The zero-order chi connectivity index (χ0) is 13.6. The van der Waals surface area contributed by atoms with E-state index in [1.807, 2.05) is 0 Å². The molecule has 0 fully saturated rings. The van der Waals surface area contributed by atoms with Crippen molar-refractivity contribution in [2.75, 3.05) is 26.2 Å². The minimum atomic E-state index is -1.71. The van der Waals surface area contributed by atoms with Crippen molar-refractivity contribution in [1.82, 2.24) is 6.15 Å². The summed E-state index contributed by atoms with van der Waals surface area (Å²) in [7, 11) is 0. The number of quaternary nitrogens is 1. The molecule has 0 radical (unpaired) electrons. The van der Waals surface area contributed by atoms with E-state index in [0.29, 0.717) is 0 Å². The second kappa shape index (κ2) is 19.1. The van der Waals surface area contributed by atoms with Crippen LogP contribution in [0.15, 0.2) is 0 Å². The van der Waals surface area contributed by atoms with Crippen molar-refractivity contribution in [3.63, 3.8) is 0 Å². The van der Waals surface area contributed by atoms with Gasteiger partial charge in [-0.3, -0.25) is 4.48 Å². The maximum absolute atomic E-state index is 10.5. The molecular weight excluding hydrogens is 344 g/mol. The molecule has 0 aliphatic carbocycles. The topological polar surface area (TPSA) is 187 Å². The molecule has 0 atom stereocenters. The van der Waals surface area contributed by atoms with Gasteiger partial charge in [0, 0.05) is 0 Å². The van der Waals surface area contributed by atoms with Crippen LogP contribution in [0, 0.1) is 0 Å². The number of carboxylic acids is 4. The van der Waals surface area contributed by atoms with Gasteiger partial charge in [0.15, 0.2) is 19.6 Å². The molecule has 0 unspecified atom stereocenters. The molecule has 0 aromatic carbocycles. The van der Waals surface area contributed by atoms with Gasteiger partial charge in [-0.15, -0.1) is 0 Å². The Morgan fingerprint density at radius 2 is 0.955 bits per heavy atom. The van der Waals surface area contributed by atoms with Crippen LogP contribution in [0.4, 0.5) is 0 Å². The largest absolute Gasteiger partial charge is 1.00 e. The van der Waals surface area contributed by atoms with Gasteiger partial charge in [0.05, 0.1) is 5.97 Å². The fourth-order valence-electron chi connectivity index (χ4n) is 1.47. The summed E-state index contributed by atoms with van der Waals surface area (Å²) >= 11 is 0. The van der Waals surface area contributed by atoms with Gasteiger partial charge in [-0.1, -0.05) is 0 Å². The maximum atomic E-state index is 10.5. The summed E-state index contributed by atoms with van der Waals surface area (Å²) in [5.74, 6) is -6.19. The molecule has 6 N–H and O–H groups in total. The van der Waals surface area contributed by atoms with Gasteiger partial charge in [-0.05, 0) is 0 Å². The van der Waals surface area contributed by atoms with Crippen molar-refractivity contribution in [1.29, 1.82) is 0 Å². The van der Waals surface area contributed by atoms with Crippen LogP contribution in [0.5, 0.6) is 0 Å². The molecule has 14 heteroatoms. The molecule has 0 saturated heterocycles. The Morgan fingerprint density at radius 3 is 1.09 bits per heavy atom. The van der Waals surface area contributed by atoms with Gasteiger partial charge < -0.3 is 37.1 Å². The van der Waals surface area contributed by atoms with Crippen molar-refractivity contribution in [3.05, 3.63) is 0 Å². The Labute approximate surface area is 221 Å². The molecule has 112 valence electrons. The average Bonchev–Trinajstić information content (AvgIpc) is 1.95. The van der Waals surface area contributed by atoms with Gasteiger partial charge in [0.1, 0.15) is 6.54 Å². The molecular formula is C8H18N2Na4O8. The summed E-state index contributed by atoms with van der Waals surface area (Å²) in [6, 6.07) is 0. The first-order valence-corrected chi connectivity index (χ1v) is 4.37. The molecule has 0 rings (SSSR count). The first-order chi connectivity index (χ1) is 7.67. The summed E-state index contributed by atoms with van der Waals surface area (Å²) in [6.07, 6.45) is 0. The van der Waals surface area contributed by atoms with Crippen LogP contribution in [0.1, 0.15) is 5.71 Å². The molecule has 0 aromatic rings. The molecule has 0 bridgehead atoms. The van der Waals surface area contributed by atoms with Gasteiger partial charge in [-0.2, -0.15) is 0 Å². The quantitative estimate of drug-likeness (QED) is 0.240. The van der Waals surface area contributed by atoms with E-state index in [9.17, 15) is 24.3 Å². The van der Waals surface area contributed by atoms with Crippen LogP contribution < -0.4 is 129 Å². The van der Waals surface area contributed by atoms with Gasteiger partial charge in [0.2, 0.25) is 0 Å². The van der Waals surface area contributed by atoms with E-state index in [4.69, 9.17) is 15.3 Å². The van der Waals surface area contributed by atoms with Crippen molar-refractivity contribution in [2.24, 2.45) is 0 Å². The normalized spacial score (nSPS) is 8.36. The number of aliphatic carboxylic acids is 4. The molecule has 0 saturated carbocycles. The van der Waals surface area contributed by atoms with Crippen LogP contribution in [0.25, 0.3) is 0 Å². The van der Waals surface area contributed by atoms with Crippen LogP contribution in [-0.4, -0.2) is 69.9 Å². The van der Waals surface area contributed by atoms with E-state index in [2.05, 4.69) is 0 Å². The predicted octanol–water partition coefficient (Wildman–Crippen LogP) is -14.6. The second-order valence-corrected chi connectivity index (χ2v) is 3.53. The fraction of sp³-hybridized carbons (Fsp3) is 0.500. The number of carbonyl (C=O) groups excluding carboxylic acids is 1. The predicted molar refractivity (Wildman–Crippen MR) is 57.1 cm³/mol. The van der Waals surface area contributed by atoms with Crippen molar-refractivity contribution in [2.45, 2.75) is 0 Å². The van der Waals surface area contributed by atoms with Crippen LogP contribution >= 0.6 is 0 Å². The monoisotopic (exact) mass is 362 g/mol. The second-order valence-electron chi connectivity index (χ2n) is 3.53. The minimum Gasteiger partial charge on any atom is -1.00 e. The van der Waals surface area contributed by atoms with Gasteiger partial charge in [0.25, 0.3) is 0 Å². The molecule has 0 aliphatic rings. The molecule has 0 amide bonds. The first-order valence-electron chi connectivity index (χ1n) is 4.37. The smallest absolute Gasteiger partial charge is 1.00 e. The fourth-order valence-corrected chi connectivity index (χ4v) is 1.47. The third kappa shape index (κ3) is 19.8. The van der Waals surface area contributed by atoms with Crippen molar-refractivity contribution in [3.8, 4) is 0 Å². The van der Waals surface area contributed by atoms with Crippen molar-refractivity contribution < 1.29 is 168 Å². The molecule has 0 spiro atoms. The minimum absolute atomic E-state index is 0. The number of hydrogen-bond acceptors (Lipinski definition) is 6. The molecule has 0 heterocycles. The molecule has 0 aromatic heterocycles. The third-order valence-corrected chi connectivity index (χ3v) is 1.88. The Balaban J connectivity index is -0.0000000356. The summed E-state index contributed by atoms with van der Waals surface area (Å²) in [6.45, 7) is -3.77. The van der Waals surface area contributed by atoms with E-state index in [1.165, 1.54) is 0 Å². The Morgan fingerprint density at radius 1 is 0.727 bits per heavy atom. The summed E-state index contributed by atoms with van der Waals surface area (Å²) in [5.41, 5.74) is 0. The summed E-state index contributed by atoms with van der Waals surface area (Å²) in [4.78, 5) is 42.1. The number of nitrogens with zero attached hydrogens (tertiary/aromatic N) is 1. The standard InChI is InChI=1S/C8H11NO8.H3N.4Na.4H/c10-5(11)1-9(2-6(12)13,3-7(14)15)4-8(16)17;;;;;;;;;/h1-4H2,(H3-,10,11,12,13,14,15,16,17);1H3;;;;;;;;/q;;4*+1;4*-1. The zero-order valence-corrected chi connectivity index (χ0v) is 21.4. The molecule has 0 aliphatic heterocycles. The number of hydrogen-bond donors (Lipinski definition) is 4. The maximum Gasteiger partial charge on any atom is 1.00 e. The van der Waals surface area contributed by atoms with Crippen LogP contribution in [0.2, 0.25) is 0 Å². The van der Waals surface area contributed by atoms with E-state index >= 15 is 0 Å². The van der Waals surface area contributed by atoms with E-state index < -0.39 is 54.5 Å². The average molecular weight is 362 g/mol. The molecule has 22 heavy (non-hydrogen) atoms. The molecule has 10 nitrogen and oxygen atoms in total. The third-order valence-electron chi connectivity index (χ3n) is 1.88. The Bertz CT molecular complexity index is 315. The number of rotatable bonds is 8. The zero-order valence-electron chi connectivity index (χ0n) is 17.4. The van der Waals surface area contributed by atoms with E-state index in [0.717, 1.165) is 0 Å².